The minimum absolute atomic E-state index is 0. The summed E-state index contributed by atoms with van der Waals surface area (Å²) in [5.41, 5.74) is 3.70. The molecule has 4 nitrogen and oxygen atoms in total. The number of anilines is 1. The number of piperazine rings is 1. The first-order chi connectivity index (χ1) is 13.6. The van der Waals surface area contributed by atoms with Crippen LogP contribution in [0.1, 0.15) is 23.5 Å². The van der Waals surface area contributed by atoms with Crippen LogP contribution in [0, 0.1) is 12.8 Å². The number of carbonyl (C=O) groups excluding carboxylic acids is 1. The standard InChI is InChI=1S/C23H28ClN3O.ClH/c1-17-7-8-19(24)15-22(17)26-11-13-27(14-12-26)23(28)21-16-25-10-9-20(21)18-5-3-2-4-6-18;/h2-8,15,20-21,25H,9-14,16H2,1H3;1H/t20-,21+;/m0./s1. The van der Waals surface area contributed by atoms with Crippen molar-refractivity contribution < 1.29 is 4.79 Å². The molecule has 1 N–H and O–H groups in total. The predicted molar refractivity (Wildman–Crippen MR) is 122 cm³/mol. The molecule has 0 radical (unpaired) electrons. The van der Waals surface area contributed by atoms with Crippen LogP contribution in [0.5, 0.6) is 0 Å². The van der Waals surface area contributed by atoms with Gasteiger partial charge >= 0.3 is 0 Å². The molecule has 2 fully saturated rings. The average Bonchev–Trinajstić information content (AvgIpc) is 2.76. The van der Waals surface area contributed by atoms with Crippen molar-refractivity contribution in [3.8, 4) is 0 Å². The Bertz CT molecular complexity index is 822. The molecule has 2 aromatic rings. The van der Waals surface area contributed by atoms with Gasteiger partial charge in [0.1, 0.15) is 0 Å². The Balaban J connectivity index is 0.00000240. The molecular formula is C23H29Cl2N3O. The minimum Gasteiger partial charge on any atom is -0.368 e. The molecule has 2 saturated heterocycles. The van der Waals surface area contributed by atoms with Crippen LogP contribution < -0.4 is 10.2 Å². The monoisotopic (exact) mass is 433 g/mol. The fraction of sp³-hybridized carbons (Fsp3) is 0.435. The molecule has 0 aliphatic carbocycles. The number of aryl methyl sites for hydroxylation is 1. The topological polar surface area (TPSA) is 35.6 Å². The van der Waals surface area contributed by atoms with E-state index in [1.165, 1.54) is 16.8 Å². The zero-order valence-electron chi connectivity index (χ0n) is 16.8. The zero-order valence-corrected chi connectivity index (χ0v) is 18.4. The molecule has 0 spiro atoms. The summed E-state index contributed by atoms with van der Waals surface area (Å²) in [4.78, 5) is 17.8. The van der Waals surface area contributed by atoms with Gasteiger partial charge in [-0.15, -0.1) is 12.4 Å². The van der Waals surface area contributed by atoms with Crippen LogP contribution in [-0.2, 0) is 4.79 Å². The summed E-state index contributed by atoms with van der Waals surface area (Å²) in [7, 11) is 0. The van der Waals surface area contributed by atoms with Crippen LogP contribution in [0.3, 0.4) is 0 Å². The number of halogens is 2. The van der Waals surface area contributed by atoms with Crippen LogP contribution in [0.2, 0.25) is 5.02 Å². The Morgan fingerprint density at radius 3 is 2.52 bits per heavy atom. The first-order valence-corrected chi connectivity index (χ1v) is 10.6. The molecule has 2 aromatic carbocycles. The van der Waals surface area contributed by atoms with E-state index in [0.29, 0.717) is 11.8 Å². The number of piperidine rings is 1. The van der Waals surface area contributed by atoms with E-state index in [2.05, 4.69) is 52.4 Å². The molecule has 0 bridgehead atoms. The predicted octanol–water partition coefficient (Wildman–Crippen LogP) is 4.11. The molecular weight excluding hydrogens is 405 g/mol. The summed E-state index contributed by atoms with van der Waals surface area (Å²) in [5, 5.41) is 4.19. The van der Waals surface area contributed by atoms with E-state index in [4.69, 9.17) is 11.6 Å². The zero-order chi connectivity index (χ0) is 19.5. The second-order valence-corrected chi connectivity index (χ2v) is 8.30. The Hall–Kier alpha value is -1.75. The van der Waals surface area contributed by atoms with Gasteiger partial charge in [-0.05, 0) is 49.1 Å². The van der Waals surface area contributed by atoms with E-state index in [1.807, 2.05) is 18.2 Å². The maximum Gasteiger partial charge on any atom is 0.227 e. The summed E-state index contributed by atoms with van der Waals surface area (Å²) in [5.74, 6) is 0.627. The Morgan fingerprint density at radius 1 is 1.07 bits per heavy atom. The van der Waals surface area contributed by atoms with Gasteiger partial charge in [0.15, 0.2) is 0 Å². The molecule has 156 valence electrons. The summed E-state index contributed by atoms with van der Waals surface area (Å²) in [6, 6.07) is 16.5. The van der Waals surface area contributed by atoms with Gasteiger partial charge in [-0.1, -0.05) is 48.0 Å². The average molecular weight is 434 g/mol. The van der Waals surface area contributed by atoms with Gasteiger partial charge in [-0.2, -0.15) is 0 Å². The lowest BCUT2D eigenvalue weighted by atomic mass is 9.80. The van der Waals surface area contributed by atoms with Gasteiger partial charge < -0.3 is 15.1 Å². The lowest BCUT2D eigenvalue weighted by Gasteiger charge is -2.40. The molecule has 1 amide bonds. The molecule has 0 saturated carbocycles. The van der Waals surface area contributed by atoms with Crippen molar-refractivity contribution in [3.05, 3.63) is 64.7 Å². The molecule has 0 unspecified atom stereocenters. The van der Waals surface area contributed by atoms with Crippen molar-refractivity contribution in [3.63, 3.8) is 0 Å². The summed E-state index contributed by atoms with van der Waals surface area (Å²) < 4.78 is 0. The maximum atomic E-state index is 13.3. The number of benzene rings is 2. The SMILES string of the molecule is Cc1ccc(Cl)cc1N1CCN(C(=O)[C@@H]2CNCC[C@H]2c2ccccc2)CC1.Cl. The van der Waals surface area contributed by atoms with Crippen LogP contribution in [0.15, 0.2) is 48.5 Å². The largest absolute Gasteiger partial charge is 0.368 e. The van der Waals surface area contributed by atoms with E-state index >= 15 is 0 Å². The minimum atomic E-state index is 0. The van der Waals surface area contributed by atoms with E-state index in [1.54, 1.807) is 0 Å². The lowest BCUT2D eigenvalue weighted by molar-refractivity contribution is -0.137. The van der Waals surface area contributed by atoms with Gasteiger partial charge in [0, 0.05) is 43.4 Å². The van der Waals surface area contributed by atoms with E-state index in [9.17, 15) is 4.79 Å². The van der Waals surface area contributed by atoms with Gasteiger partial charge in [-0.25, -0.2) is 0 Å². The number of nitrogens with one attached hydrogen (secondary N) is 1. The van der Waals surface area contributed by atoms with Gasteiger partial charge in [-0.3, -0.25) is 4.79 Å². The number of hydrogen-bond acceptors (Lipinski definition) is 3. The Morgan fingerprint density at radius 2 is 1.79 bits per heavy atom. The fourth-order valence-electron chi connectivity index (χ4n) is 4.54. The molecule has 29 heavy (non-hydrogen) atoms. The lowest BCUT2D eigenvalue weighted by Crippen LogP contribution is -2.53. The number of amides is 1. The van der Waals surface area contributed by atoms with Gasteiger partial charge in [0.25, 0.3) is 0 Å². The first-order valence-electron chi connectivity index (χ1n) is 10.2. The molecule has 6 heteroatoms. The van der Waals surface area contributed by atoms with Crippen LogP contribution in [-0.4, -0.2) is 50.1 Å². The Kier molecular flexibility index (Phi) is 7.44. The molecule has 2 aliphatic rings. The van der Waals surface area contributed by atoms with Crippen molar-refractivity contribution >= 4 is 35.6 Å². The van der Waals surface area contributed by atoms with Crippen molar-refractivity contribution in [2.24, 2.45) is 5.92 Å². The van der Waals surface area contributed by atoms with Crippen LogP contribution >= 0.6 is 24.0 Å². The van der Waals surface area contributed by atoms with E-state index in [0.717, 1.165) is 50.7 Å². The third-order valence-corrected chi connectivity index (χ3v) is 6.37. The number of rotatable bonds is 3. The van der Waals surface area contributed by atoms with Crippen molar-refractivity contribution in [2.75, 3.05) is 44.2 Å². The van der Waals surface area contributed by atoms with Crippen molar-refractivity contribution in [2.45, 2.75) is 19.3 Å². The summed E-state index contributed by atoms with van der Waals surface area (Å²) in [6.45, 7) is 7.09. The van der Waals surface area contributed by atoms with Crippen LogP contribution in [0.25, 0.3) is 0 Å². The molecule has 4 rings (SSSR count). The number of nitrogens with zero attached hydrogens (tertiary/aromatic N) is 2. The van der Waals surface area contributed by atoms with Crippen molar-refractivity contribution in [1.29, 1.82) is 0 Å². The molecule has 2 heterocycles. The van der Waals surface area contributed by atoms with Crippen LogP contribution in [0.4, 0.5) is 5.69 Å². The first kappa shape index (κ1) is 21.9. The highest BCUT2D eigenvalue weighted by atomic mass is 35.5. The number of carbonyl (C=O) groups is 1. The molecule has 2 aliphatic heterocycles. The normalized spacial score (nSPS) is 22.1. The smallest absolute Gasteiger partial charge is 0.227 e. The molecule has 0 aromatic heterocycles. The van der Waals surface area contributed by atoms with E-state index in [-0.39, 0.29) is 18.3 Å². The van der Waals surface area contributed by atoms with E-state index < -0.39 is 0 Å². The summed E-state index contributed by atoms with van der Waals surface area (Å²) >= 11 is 6.19. The third kappa shape index (κ3) is 4.88. The third-order valence-electron chi connectivity index (χ3n) is 6.13. The highest BCUT2D eigenvalue weighted by Crippen LogP contribution is 2.32. The quantitative estimate of drug-likeness (QED) is 0.790. The van der Waals surface area contributed by atoms with Gasteiger partial charge in [0.05, 0.1) is 5.92 Å². The summed E-state index contributed by atoms with van der Waals surface area (Å²) in [6.07, 6.45) is 1.02. The Labute approximate surface area is 184 Å². The maximum absolute atomic E-state index is 13.3. The number of hydrogen-bond donors (Lipinski definition) is 1. The highest BCUT2D eigenvalue weighted by Gasteiger charge is 2.35. The highest BCUT2D eigenvalue weighted by molar-refractivity contribution is 6.30. The second-order valence-electron chi connectivity index (χ2n) is 7.86. The van der Waals surface area contributed by atoms with Crippen molar-refractivity contribution in [1.82, 2.24) is 10.2 Å². The van der Waals surface area contributed by atoms with Gasteiger partial charge in [0.2, 0.25) is 5.91 Å². The molecule has 2 atom stereocenters. The second kappa shape index (κ2) is 9.84. The fourth-order valence-corrected chi connectivity index (χ4v) is 4.71.